The first-order valence-corrected chi connectivity index (χ1v) is 8.25. The molecule has 1 fully saturated rings. The molecule has 0 spiro atoms. The van der Waals surface area contributed by atoms with Gasteiger partial charge in [0.2, 0.25) is 0 Å². The van der Waals surface area contributed by atoms with Crippen LogP contribution >= 0.6 is 0 Å². The Morgan fingerprint density at radius 3 is 2.84 bits per heavy atom. The molecule has 2 heterocycles. The number of hydrogen-bond acceptors (Lipinski definition) is 4. The smallest absolute Gasteiger partial charge is 0.161 e. The molecule has 0 aliphatic carbocycles. The van der Waals surface area contributed by atoms with E-state index in [0.717, 1.165) is 29.2 Å². The maximum atomic E-state index is 11.9. The average Bonchev–Trinajstić information content (AvgIpc) is 2.46. The zero-order valence-electron chi connectivity index (χ0n) is 11.1. The van der Waals surface area contributed by atoms with Crippen molar-refractivity contribution in [1.29, 1.82) is 0 Å². The number of benzene rings is 1. The first kappa shape index (κ1) is 12.9. The van der Waals surface area contributed by atoms with Crippen LogP contribution in [0.4, 0.5) is 0 Å². The highest BCUT2D eigenvalue weighted by Crippen LogP contribution is 2.33. The lowest BCUT2D eigenvalue weighted by molar-refractivity contribution is 0.171. The summed E-state index contributed by atoms with van der Waals surface area (Å²) in [6.45, 7) is 3.33. The summed E-state index contributed by atoms with van der Waals surface area (Å²) in [7, 11) is -0.737. The minimum Gasteiger partial charge on any atom is -0.486 e. The van der Waals surface area contributed by atoms with Gasteiger partial charge in [0.05, 0.1) is 0 Å². The molecule has 19 heavy (non-hydrogen) atoms. The molecule has 3 atom stereocenters. The molecule has 1 aromatic rings. The normalized spacial score (nSPS) is 30.1. The van der Waals surface area contributed by atoms with Crippen molar-refractivity contribution < 1.29 is 13.7 Å². The van der Waals surface area contributed by atoms with Crippen LogP contribution in [0.5, 0.6) is 11.5 Å². The minimum atomic E-state index is -0.737. The fourth-order valence-corrected chi connectivity index (χ4v) is 4.14. The summed E-state index contributed by atoms with van der Waals surface area (Å²) in [5, 5.41) is 3.57. The third-order valence-electron chi connectivity index (χ3n) is 3.64. The summed E-state index contributed by atoms with van der Waals surface area (Å²) < 4.78 is 23.1. The van der Waals surface area contributed by atoms with Gasteiger partial charge < -0.3 is 14.8 Å². The second kappa shape index (κ2) is 5.51. The Balaban J connectivity index is 1.83. The van der Waals surface area contributed by atoms with Crippen LogP contribution in [-0.4, -0.2) is 35.0 Å². The highest BCUT2D eigenvalue weighted by molar-refractivity contribution is 7.85. The third kappa shape index (κ3) is 2.77. The Bertz CT molecular complexity index is 492. The fourth-order valence-electron chi connectivity index (χ4n) is 2.56. The molecule has 2 aliphatic heterocycles. The maximum Gasteiger partial charge on any atom is 0.161 e. The Labute approximate surface area is 115 Å². The van der Waals surface area contributed by atoms with Crippen LogP contribution in [0.3, 0.4) is 0 Å². The number of ether oxygens (including phenoxy) is 2. The summed E-state index contributed by atoms with van der Waals surface area (Å²) in [6, 6.07) is 6.49. The average molecular weight is 281 g/mol. The van der Waals surface area contributed by atoms with Crippen molar-refractivity contribution in [2.45, 2.75) is 25.4 Å². The molecular formula is C14H19NO3S. The van der Waals surface area contributed by atoms with Gasteiger partial charge in [0.15, 0.2) is 11.5 Å². The van der Waals surface area contributed by atoms with Crippen molar-refractivity contribution in [1.82, 2.24) is 5.32 Å². The van der Waals surface area contributed by atoms with Crippen LogP contribution in [0, 0.1) is 0 Å². The number of fused-ring (bicyclic) bond motifs is 1. The van der Waals surface area contributed by atoms with E-state index in [1.165, 1.54) is 0 Å². The zero-order chi connectivity index (χ0) is 13.2. The Morgan fingerprint density at radius 2 is 2.05 bits per heavy atom. The Morgan fingerprint density at radius 1 is 1.26 bits per heavy atom. The molecule has 3 rings (SSSR count). The predicted molar refractivity (Wildman–Crippen MR) is 75.3 cm³/mol. The predicted octanol–water partition coefficient (Wildman–Crippen LogP) is 1.63. The molecule has 5 heteroatoms. The van der Waals surface area contributed by atoms with E-state index in [1.54, 1.807) is 0 Å². The second-order valence-electron chi connectivity index (χ2n) is 5.00. The number of hydrogen-bond donors (Lipinski definition) is 1. The fraction of sp³-hybridized carbons (Fsp3) is 0.571. The number of nitrogens with one attached hydrogen (secondary N) is 1. The molecule has 0 saturated carbocycles. The van der Waals surface area contributed by atoms with Gasteiger partial charge in [-0.05, 0) is 24.1 Å². The molecule has 0 bridgehead atoms. The van der Waals surface area contributed by atoms with Crippen molar-refractivity contribution in [2.24, 2.45) is 0 Å². The van der Waals surface area contributed by atoms with E-state index in [9.17, 15) is 4.21 Å². The largest absolute Gasteiger partial charge is 0.486 e. The van der Waals surface area contributed by atoms with E-state index < -0.39 is 10.8 Å². The van der Waals surface area contributed by atoms with E-state index in [4.69, 9.17) is 9.47 Å². The van der Waals surface area contributed by atoms with Crippen molar-refractivity contribution in [3.8, 4) is 11.5 Å². The van der Waals surface area contributed by atoms with Gasteiger partial charge in [-0.3, -0.25) is 4.21 Å². The summed E-state index contributed by atoms with van der Waals surface area (Å²) >= 11 is 0. The highest BCUT2D eigenvalue weighted by atomic mass is 32.2. The van der Waals surface area contributed by atoms with Crippen LogP contribution in [0.25, 0.3) is 0 Å². The van der Waals surface area contributed by atoms with Gasteiger partial charge in [0, 0.05) is 34.4 Å². The van der Waals surface area contributed by atoms with Crippen LogP contribution in [-0.2, 0) is 10.8 Å². The Kier molecular flexibility index (Phi) is 3.75. The molecule has 0 radical (unpaired) electrons. The van der Waals surface area contributed by atoms with Crippen molar-refractivity contribution in [3.05, 3.63) is 23.8 Å². The van der Waals surface area contributed by atoms with Crippen molar-refractivity contribution in [3.63, 3.8) is 0 Å². The van der Waals surface area contributed by atoms with E-state index in [-0.39, 0.29) is 6.04 Å². The SMILES string of the molecule is CCC1CS(=O)CC(c2ccc3c(c2)OCCO3)N1. The summed E-state index contributed by atoms with van der Waals surface area (Å²) in [6.07, 6.45) is 1.01. The van der Waals surface area contributed by atoms with Gasteiger partial charge in [0.1, 0.15) is 13.2 Å². The molecule has 2 aliphatic rings. The summed E-state index contributed by atoms with van der Waals surface area (Å²) in [4.78, 5) is 0. The van der Waals surface area contributed by atoms with Crippen molar-refractivity contribution >= 4 is 10.8 Å². The lowest BCUT2D eigenvalue weighted by atomic mass is 10.1. The van der Waals surface area contributed by atoms with Crippen LogP contribution in [0.2, 0.25) is 0 Å². The van der Waals surface area contributed by atoms with Gasteiger partial charge in [-0.2, -0.15) is 0 Å². The first-order chi connectivity index (χ1) is 9.26. The summed E-state index contributed by atoms with van der Waals surface area (Å²) in [5.74, 6) is 3.04. The van der Waals surface area contributed by atoms with Gasteiger partial charge >= 0.3 is 0 Å². The van der Waals surface area contributed by atoms with E-state index in [2.05, 4.69) is 12.2 Å². The van der Waals surface area contributed by atoms with Crippen LogP contribution in [0.15, 0.2) is 18.2 Å². The second-order valence-corrected chi connectivity index (χ2v) is 6.55. The molecule has 1 saturated heterocycles. The van der Waals surface area contributed by atoms with Crippen LogP contribution < -0.4 is 14.8 Å². The lowest BCUT2D eigenvalue weighted by Crippen LogP contribution is -2.44. The van der Waals surface area contributed by atoms with E-state index >= 15 is 0 Å². The van der Waals surface area contributed by atoms with Gasteiger partial charge in [0.25, 0.3) is 0 Å². The standard InChI is InChI=1S/C14H19NO3S/c1-2-11-8-19(16)9-12(15-11)10-3-4-13-14(7-10)18-6-5-17-13/h3-4,7,11-12,15H,2,5-6,8-9H2,1H3. The molecule has 0 aromatic heterocycles. The highest BCUT2D eigenvalue weighted by Gasteiger charge is 2.26. The minimum absolute atomic E-state index is 0.148. The number of rotatable bonds is 2. The van der Waals surface area contributed by atoms with Gasteiger partial charge in [-0.25, -0.2) is 0 Å². The first-order valence-electron chi connectivity index (χ1n) is 6.77. The molecule has 1 N–H and O–H groups in total. The lowest BCUT2D eigenvalue weighted by Gasteiger charge is -2.31. The van der Waals surface area contributed by atoms with Gasteiger partial charge in [-0.15, -0.1) is 0 Å². The molecule has 3 unspecified atom stereocenters. The topological polar surface area (TPSA) is 47.6 Å². The Hall–Kier alpha value is -1.07. The third-order valence-corrected chi connectivity index (χ3v) is 5.12. The van der Waals surface area contributed by atoms with Gasteiger partial charge in [-0.1, -0.05) is 13.0 Å². The molecule has 4 nitrogen and oxygen atoms in total. The quantitative estimate of drug-likeness (QED) is 0.895. The summed E-state index contributed by atoms with van der Waals surface area (Å²) in [5.41, 5.74) is 1.13. The molecule has 1 aromatic carbocycles. The molecular weight excluding hydrogens is 262 g/mol. The molecule has 104 valence electrons. The van der Waals surface area contributed by atoms with Crippen LogP contribution in [0.1, 0.15) is 24.9 Å². The monoisotopic (exact) mass is 281 g/mol. The zero-order valence-corrected chi connectivity index (χ0v) is 11.9. The maximum absolute atomic E-state index is 11.9. The van der Waals surface area contributed by atoms with E-state index in [0.29, 0.717) is 25.0 Å². The molecule has 0 amide bonds. The van der Waals surface area contributed by atoms with Crippen molar-refractivity contribution in [2.75, 3.05) is 24.7 Å². The van der Waals surface area contributed by atoms with E-state index in [1.807, 2.05) is 18.2 Å².